The van der Waals surface area contributed by atoms with Crippen LogP contribution >= 0.6 is 27.5 Å². The van der Waals surface area contributed by atoms with E-state index in [2.05, 4.69) is 20.9 Å². The van der Waals surface area contributed by atoms with Crippen molar-refractivity contribution in [3.8, 4) is 11.6 Å². The third-order valence-electron chi connectivity index (χ3n) is 2.29. The van der Waals surface area contributed by atoms with Gasteiger partial charge in [-0.1, -0.05) is 39.7 Å². The van der Waals surface area contributed by atoms with Gasteiger partial charge in [0, 0.05) is 17.1 Å². The second-order valence-electron chi connectivity index (χ2n) is 3.64. The summed E-state index contributed by atoms with van der Waals surface area (Å²) < 4.78 is 5.74. The normalized spacial score (nSPS) is 10.3. The van der Waals surface area contributed by atoms with Gasteiger partial charge in [0.05, 0.1) is 5.02 Å². The number of aryl methyl sites for hydroxylation is 1. The van der Waals surface area contributed by atoms with E-state index in [1.165, 1.54) is 0 Å². The second kappa shape index (κ2) is 5.52. The predicted octanol–water partition coefficient (Wildman–Crippen LogP) is 4.73. The fraction of sp³-hybridized carbons (Fsp3) is 0.154. The van der Waals surface area contributed by atoms with E-state index in [4.69, 9.17) is 16.3 Å². The molecule has 0 saturated heterocycles. The minimum Gasteiger partial charge on any atom is -0.437 e. The molecule has 0 aliphatic carbocycles. The fourth-order valence-electron chi connectivity index (χ4n) is 1.41. The summed E-state index contributed by atoms with van der Waals surface area (Å²) in [6.07, 6.45) is 1.70. The van der Waals surface area contributed by atoms with Crippen LogP contribution in [0.1, 0.15) is 11.1 Å². The van der Waals surface area contributed by atoms with Gasteiger partial charge in [-0.3, -0.25) is 0 Å². The Balaban J connectivity index is 2.34. The first kappa shape index (κ1) is 12.4. The summed E-state index contributed by atoms with van der Waals surface area (Å²) in [7, 11) is 0. The monoisotopic (exact) mass is 311 g/mol. The minimum absolute atomic E-state index is 0.580. The van der Waals surface area contributed by atoms with E-state index in [1.807, 2.05) is 37.3 Å². The highest BCUT2D eigenvalue weighted by Gasteiger charge is 2.07. The molecule has 0 amide bonds. The van der Waals surface area contributed by atoms with Crippen LogP contribution in [0.3, 0.4) is 0 Å². The molecule has 0 spiro atoms. The molecule has 0 atom stereocenters. The van der Waals surface area contributed by atoms with Gasteiger partial charge in [0.25, 0.3) is 0 Å². The van der Waals surface area contributed by atoms with E-state index in [9.17, 15) is 0 Å². The zero-order chi connectivity index (χ0) is 12.3. The van der Waals surface area contributed by atoms with Crippen molar-refractivity contribution >= 4 is 27.5 Å². The van der Waals surface area contributed by atoms with E-state index in [0.29, 0.717) is 22.0 Å². The quantitative estimate of drug-likeness (QED) is 0.764. The van der Waals surface area contributed by atoms with Crippen LogP contribution in [0.25, 0.3) is 0 Å². The van der Waals surface area contributed by atoms with Crippen molar-refractivity contribution < 1.29 is 4.74 Å². The number of aromatic nitrogens is 1. The maximum Gasteiger partial charge on any atom is 0.223 e. The van der Waals surface area contributed by atoms with Crippen molar-refractivity contribution in [2.75, 3.05) is 0 Å². The highest BCUT2D eigenvalue weighted by Crippen LogP contribution is 2.31. The Labute approximate surface area is 114 Å². The lowest BCUT2D eigenvalue weighted by atomic mass is 10.2. The largest absolute Gasteiger partial charge is 0.437 e. The van der Waals surface area contributed by atoms with Crippen LogP contribution in [-0.2, 0) is 5.33 Å². The highest BCUT2D eigenvalue weighted by atomic mass is 79.9. The Hall–Kier alpha value is -1.06. The van der Waals surface area contributed by atoms with E-state index in [1.54, 1.807) is 6.20 Å². The molecular weight excluding hydrogens is 302 g/mol. The van der Waals surface area contributed by atoms with Crippen LogP contribution in [0.15, 0.2) is 36.5 Å². The molecule has 0 unspecified atom stereocenters. The lowest BCUT2D eigenvalue weighted by Crippen LogP contribution is -1.93. The molecule has 0 bridgehead atoms. The van der Waals surface area contributed by atoms with Crippen LogP contribution in [0.2, 0.25) is 5.02 Å². The van der Waals surface area contributed by atoms with Crippen molar-refractivity contribution in [1.29, 1.82) is 0 Å². The summed E-state index contributed by atoms with van der Waals surface area (Å²) >= 11 is 9.48. The average molecular weight is 313 g/mol. The Kier molecular flexibility index (Phi) is 4.02. The number of hydrogen-bond acceptors (Lipinski definition) is 2. The Bertz CT molecular complexity index is 531. The van der Waals surface area contributed by atoms with E-state index >= 15 is 0 Å². The van der Waals surface area contributed by atoms with Gasteiger partial charge in [0.15, 0.2) is 0 Å². The lowest BCUT2D eigenvalue weighted by Gasteiger charge is -2.10. The SMILES string of the molecule is Cc1ccc(Cl)c(Oc2ncccc2CBr)c1. The predicted molar refractivity (Wildman–Crippen MR) is 73.1 cm³/mol. The van der Waals surface area contributed by atoms with Gasteiger partial charge in [-0.15, -0.1) is 0 Å². The first-order valence-corrected chi connectivity index (χ1v) is 6.64. The molecule has 2 aromatic rings. The van der Waals surface area contributed by atoms with Crippen molar-refractivity contribution in [2.24, 2.45) is 0 Å². The second-order valence-corrected chi connectivity index (χ2v) is 4.61. The van der Waals surface area contributed by atoms with Crippen LogP contribution < -0.4 is 4.74 Å². The number of nitrogens with zero attached hydrogens (tertiary/aromatic N) is 1. The Morgan fingerprint density at radius 3 is 2.94 bits per heavy atom. The molecule has 0 aliphatic rings. The van der Waals surface area contributed by atoms with Gasteiger partial charge in [0.2, 0.25) is 5.88 Å². The van der Waals surface area contributed by atoms with Crippen molar-refractivity contribution in [2.45, 2.75) is 12.3 Å². The maximum absolute atomic E-state index is 6.08. The molecule has 88 valence electrons. The van der Waals surface area contributed by atoms with Crippen LogP contribution in [-0.4, -0.2) is 4.98 Å². The van der Waals surface area contributed by atoms with Crippen LogP contribution in [0.5, 0.6) is 11.6 Å². The Morgan fingerprint density at radius 1 is 1.35 bits per heavy atom. The summed E-state index contributed by atoms with van der Waals surface area (Å²) in [6.45, 7) is 1.99. The molecule has 0 saturated carbocycles. The number of benzene rings is 1. The van der Waals surface area contributed by atoms with Gasteiger partial charge in [-0.05, 0) is 30.7 Å². The summed E-state index contributed by atoms with van der Waals surface area (Å²) in [5.41, 5.74) is 2.09. The van der Waals surface area contributed by atoms with Crippen molar-refractivity contribution in [3.63, 3.8) is 0 Å². The molecule has 17 heavy (non-hydrogen) atoms. The minimum atomic E-state index is 0.580. The molecule has 2 nitrogen and oxygen atoms in total. The van der Waals surface area contributed by atoms with E-state index in [0.717, 1.165) is 11.1 Å². The molecule has 1 heterocycles. The molecule has 2 rings (SSSR count). The first-order valence-electron chi connectivity index (χ1n) is 5.14. The number of pyridine rings is 1. The first-order chi connectivity index (χ1) is 8.20. The molecule has 1 aromatic heterocycles. The van der Waals surface area contributed by atoms with Crippen LogP contribution in [0.4, 0.5) is 0 Å². The van der Waals surface area contributed by atoms with Crippen molar-refractivity contribution in [3.05, 3.63) is 52.7 Å². The topological polar surface area (TPSA) is 22.1 Å². The number of alkyl halides is 1. The van der Waals surface area contributed by atoms with E-state index in [-0.39, 0.29) is 0 Å². The molecule has 0 radical (unpaired) electrons. The molecule has 0 N–H and O–H groups in total. The van der Waals surface area contributed by atoms with Crippen molar-refractivity contribution in [1.82, 2.24) is 4.98 Å². The van der Waals surface area contributed by atoms with Gasteiger partial charge in [-0.2, -0.15) is 0 Å². The lowest BCUT2D eigenvalue weighted by molar-refractivity contribution is 0.458. The number of halogens is 2. The van der Waals surface area contributed by atoms with Gasteiger partial charge in [-0.25, -0.2) is 4.98 Å². The van der Waals surface area contributed by atoms with Gasteiger partial charge < -0.3 is 4.74 Å². The molecular formula is C13H11BrClNO. The van der Waals surface area contributed by atoms with Crippen LogP contribution in [0, 0.1) is 6.92 Å². The highest BCUT2D eigenvalue weighted by molar-refractivity contribution is 9.08. The number of hydrogen-bond donors (Lipinski definition) is 0. The summed E-state index contributed by atoms with van der Waals surface area (Å²) in [5, 5.41) is 1.28. The number of rotatable bonds is 3. The third-order valence-corrected chi connectivity index (χ3v) is 3.20. The zero-order valence-corrected chi connectivity index (χ0v) is 11.6. The molecule has 4 heteroatoms. The standard InChI is InChI=1S/C13H11BrClNO/c1-9-4-5-11(15)12(7-9)17-13-10(8-14)3-2-6-16-13/h2-7H,8H2,1H3. The maximum atomic E-state index is 6.08. The average Bonchev–Trinajstić information content (AvgIpc) is 2.34. The fourth-order valence-corrected chi connectivity index (χ4v) is 1.99. The number of ether oxygens (including phenoxy) is 1. The van der Waals surface area contributed by atoms with Gasteiger partial charge >= 0.3 is 0 Å². The molecule has 1 aromatic carbocycles. The molecule has 0 aliphatic heterocycles. The summed E-state index contributed by atoms with van der Waals surface area (Å²) in [5.74, 6) is 1.21. The summed E-state index contributed by atoms with van der Waals surface area (Å²) in [6, 6.07) is 9.50. The summed E-state index contributed by atoms with van der Waals surface area (Å²) in [4.78, 5) is 4.20. The Morgan fingerprint density at radius 2 is 2.18 bits per heavy atom. The third kappa shape index (κ3) is 2.99. The molecule has 0 fully saturated rings. The van der Waals surface area contributed by atoms with E-state index < -0.39 is 0 Å². The van der Waals surface area contributed by atoms with Gasteiger partial charge in [0.1, 0.15) is 5.75 Å². The smallest absolute Gasteiger partial charge is 0.223 e. The zero-order valence-electron chi connectivity index (χ0n) is 9.28.